The summed E-state index contributed by atoms with van der Waals surface area (Å²) in [7, 11) is 0. The highest BCUT2D eigenvalue weighted by atomic mass is 79.9. The van der Waals surface area contributed by atoms with Gasteiger partial charge in [0, 0.05) is 31.5 Å². The van der Waals surface area contributed by atoms with Gasteiger partial charge in [0.15, 0.2) is 0 Å². The van der Waals surface area contributed by atoms with Gasteiger partial charge in [0.2, 0.25) is 5.91 Å². The lowest BCUT2D eigenvalue weighted by Gasteiger charge is -2.33. The molecule has 1 saturated heterocycles. The van der Waals surface area contributed by atoms with Crippen molar-refractivity contribution in [1.82, 2.24) is 5.32 Å². The maximum absolute atomic E-state index is 11.3. The number of rotatable bonds is 4. The summed E-state index contributed by atoms with van der Waals surface area (Å²) in [5.41, 5.74) is 0.236. The zero-order valence-corrected chi connectivity index (χ0v) is 10.2. The summed E-state index contributed by atoms with van der Waals surface area (Å²) < 4.78 is 5.30. The molecular weight excluding hydrogens is 246 g/mol. The van der Waals surface area contributed by atoms with Crippen molar-refractivity contribution in [3.63, 3.8) is 0 Å². The Bertz CT molecular complexity index is 191. The predicted octanol–water partition coefficient (Wildman–Crippen LogP) is 1.70. The number of carbonyl (C=O) groups is 1. The minimum absolute atomic E-state index is 0.134. The van der Waals surface area contributed by atoms with Crippen LogP contribution in [0, 0.1) is 5.41 Å². The van der Waals surface area contributed by atoms with Crippen molar-refractivity contribution >= 4 is 21.8 Å². The van der Waals surface area contributed by atoms with Gasteiger partial charge in [-0.25, -0.2) is 0 Å². The van der Waals surface area contributed by atoms with Gasteiger partial charge < -0.3 is 10.1 Å². The molecule has 1 amide bonds. The van der Waals surface area contributed by atoms with Crippen LogP contribution in [0.4, 0.5) is 0 Å². The Morgan fingerprint density at radius 1 is 1.50 bits per heavy atom. The van der Waals surface area contributed by atoms with Crippen molar-refractivity contribution in [3.8, 4) is 0 Å². The number of hydrogen-bond donors (Lipinski definition) is 1. The fourth-order valence-corrected chi connectivity index (χ4v) is 1.89. The standard InChI is InChI=1S/C10H18BrNO2/c1-10(3-6-14-7-4-10)8-12-9(13)2-5-11/h2-8H2,1H3,(H,12,13). The molecule has 1 aliphatic rings. The van der Waals surface area contributed by atoms with Crippen molar-refractivity contribution in [3.05, 3.63) is 0 Å². The molecule has 0 aromatic carbocycles. The Morgan fingerprint density at radius 2 is 2.14 bits per heavy atom. The van der Waals surface area contributed by atoms with Gasteiger partial charge in [-0.05, 0) is 18.3 Å². The van der Waals surface area contributed by atoms with Crippen molar-refractivity contribution in [2.45, 2.75) is 26.2 Å². The maximum atomic E-state index is 11.3. The molecule has 0 radical (unpaired) electrons. The Morgan fingerprint density at radius 3 is 2.71 bits per heavy atom. The van der Waals surface area contributed by atoms with Crippen LogP contribution in [0.3, 0.4) is 0 Å². The van der Waals surface area contributed by atoms with Crippen LogP contribution in [0.1, 0.15) is 26.2 Å². The van der Waals surface area contributed by atoms with Gasteiger partial charge in [-0.1, -0.05) is 22.9 Å². The van der Waals surface area contributed by atoms with Gasteiger partial charge in [-0.2, -0.15) is 0 Å². The third kappa shape index (κ3) is 3.96. The number of ether oxygens (including phenoxy) is 1. The third-order valence-corrected chi connectivity index (χ3v) is 3.13. The van der Waals surface area contributed by atoms with E-state index in [1.807, 2.05) is 0 Å². The maximum Gasteiger partial charge on any atom is 0.220 e. The number of halogens is 1. The molecule has 1 rings (SSSR count). The van der Waals surface area contributed by atoms with Gasteiger partial charge in [-0.3, -0.25) is 4.79 Å². The normalized spacial score (nSPS) is 20.4. The minimum Gasteiger partial charge on any atom is -0.381 e. The lowest BCUT2D eigenvalue weighted by Crippen LogP contribution is -2.39. The van der Waals surface area contributed by atoms with E-state index in [-0.39, 0.29) is 11.3 Å². The summed E-state index contributed by atoms with van der Waals surface area (Å²) in [6.45, 7) is 4.64. The Kier molecular flexibility index (Phi) is 4.89. The molecule has 0 spiro atoms. The molecular formula is C10H18BrNO2. The van der Waals surface area contributed by atoms with E-state index in [1.165, 1.54) is 0 Å². The van der Waals surface area contributed by atoms with E-state index >= 15 is 0 Å². The summed E-state index contributed by atoms with van der Waals surface area (Å²) in [6, 6.07) is 0. The predicted molar refractivity (Wildman–Crippen MR) is 59.6 cm³/mol. The number of nitrogens with one attached hydrogen (secondary N) is 1. The lowest BCUT2D eigenvalue weighted by atomic mass is 9.82. The summed E-state index contributed by atoms with van der Waals surface area (Å²) in [6.07, 6.45) is 2.65. The van der Waals surface area contributed by atoms with E-state index in [9.17, 15) is 4.79 Å². The second-order valence-corrected chi connectivity index (χ2v) is 4.93. The molecule has 0 atom stereocenters. The van der Waals surface area contributed by atoms with Crippen LogP contribution in [0.2, 0.25) is 0 Å². The highest BCUT2D eigenvalue weighted by Gasteiger charge is 2.27. The zero-order chi connectivity index (χ0) is 10.4. The van der Waals surface area contributed by atoms with Crippen LogP contribution in [-0.2, 0) is 9.53 Å². The van der Waals surface area contributed by atoms with Gasteiger partial charge in [0.1, 0.15) is 0 Å². The first kappa shape index (κ1) is 12.0. The summed E-state index contributed by atoms with van der Waals surface area (Å²) in [5.74, 6) is 0.134. The van der Waals surface area contributed by atoms with Crippen LogP contribution in [0.5, 0.6) is 0 Å². The molecule has 1 heterocycles. The number of hydrogen-bond acceptors (Lipinski definition) is 2. The van der Waals surface area contributed by atoms with Crippen molar-refractivity contribution in [2.75, 3.05) is 25.1 Å². The van der Waals surface area contributed by atoms with Crippen LogP contribution >= 0.6 is 15.9 Å². The first-order valence-electron chi connectivity index (χ1n) is 5.07. The van der Waals surface area contributed by atoms with Crippen LogP contribution in [0.25, 0.3) is 0 Å². The molecule has 0 unspecified atom stereocenters. The topological polar surface area (TPSA) is 38.3 Å². The molecule has 0 bridgehead atoms. The molecule has 14 heavy (non-hydrogen) atoms. The van der Waals surface area contributed by atoms with Crippen LogP contribution < -0.4 is 5.32 Å². The van der Waals surface area contributed by atoms with E-state index in [4.69, 9.17) is 4.74 Å². The van der Waals surface area contributed by atoms with Crippen molar-refractivity contribution < 1.29 is 9.53 Å². The number of amides is 1. The zero-order valence-electron chi connectivity index (χ0n) is 8.64. The average molecular weight is 264 g/mol. The van der Waals surface area contributed by atoms with E-state index in [0.717, 1.165) is 37.9 Å². The smallest absolute Gasteiger partial charge is 0.220 e. The largest absolute Gasteiger partial charge is 0.381 e. The molecule has 0 aromatic heterocycles. The third-order valence-electron chi connectivity index (χ3n) is 2.73. The molecule has 0 aliphatic carbocycles. The molecule has 4 heteroatoms. The van der Waals surface area contributed by atoms with E-state index in [0.29, 0.717) is 6.42 Å². The fourth-order valence-electron chi connectivity index (χ4n) is 1.53. The van der Waals surface area contributed by atoms with Gasteiger partial charge in [0.05, 0.1) is 0 Å². The second kappa shape index (κ2) is 5.71. The second-order valence-electron chi connectivity index (χ2n) is 4.14. The van der Waals surface area contributed by atoms with E-state index < -0.39 is 0 Å². The summed E-state index contributed by atoms with van der Waals surface area (Å²) in [4.78, 5) is 11.3. The summed E-state index contributed by atoms with van der Waals surface area (Å²) >= 11 is 3.25. The molecule has 3 nitrogen and oxygen atoms in total. The molecule has 1 N–H and O–H groups in total. The molecule has 1 aliphatic heterocycles. The molecule has 0 saturated carbocycles. The van der Waals surface area contributed by atoms with Crippen LogP contribution in [0.15, 0.2) is 0 Å². The first-order valence-corrected chi connectivity index (χ1v) is 6.19. The highest BCUT2D eigenvalue weighted by Crippen LogP contribution is 2.28. The summed E-state index contributed by atoms with van der Waals surface area (Å²) in [5, 5.41) is 3.70. The van der Waals surface area contributed by atoms with Gasteiger partial charge >= 0.3 is 0 Å². The fraction of sp³-hybridized carbons (Fsp3) is 0.900. The Labute approximate surface area is 93.7 Å². The minimum atomic E-state index is 0.134. The van der Waals surface area contributed by atoms with Crippen LogP contribution in [-0.4, -0.2) is 31.0 Å². The van der Waals surface area contributed by atoms with Gasteiger partial charge in [-0.15, -0.1) is 0 Å². The highest BCUT2D eigenvalue weighted by molar-refractivity contribution is 9.09. The SMILES string of the molecule is CC1(CNC(=O)CCBr)CCOCC1. The van der Waals surface area contributed by atoms with Gasteiger partial charge in [0.25, 0.3) is 0 Å². The Balaban J connectivity index is 2.24. The quantitative estimate of drug-likeness (QED) is 0.785. The first-order chi connectivity index (χ1) is 6.66. The van der Waals surface area contributed by atoms with E-state index in [2.05, 4.69) is 28.2 Å². The average Bonchev–Trinajstić information content (AvgIpc) is 2.17. The van der Waals surface area contributed by atoms with Crippen molar-refractivity contribution in [1.29, 1.82) is 0 Å². The van der Waals surface area contributed by atoms with E-state index in [1.54, 1.807) is 0 Å². The molecule has 0 aromatic rings. The molecule has 82 valence electrons. The lowest BCUT2D eigenvalue weighted by molar-refractivity contribution is -0.121. The number of carbonyl (C=O) groups excluding carboxylic acids is 1. The molecule has 1 fully saturated rings. The Hall–Kier alpha value is -0.0900. The monoisotopic (exact) mass is 263 g/mol. The number of alkyl halides is 1. The van der Waals surface area contributed by atoms with Crippen molar-refractivity contribution in [2.24, 2.45) is 5.41 Å².